The van der Waals surface area contributed by atoms with Crippen LogP contribution in [0.25, 0.3) is 11.0 Å². The number of aromatic nitrogens is 2. The van der Waals surface area contributed by atoms with Gasteiger partial charge in [0.15, 0.2) is 3.68 Å². The van der Waals surface area contributed by atoms with Crippen molar-refractivity contribution in [1.29, 1.82) is 0 Å². The van der Waals surface area contributed by atoms with E-state index in [1.165, 1.54) is 6.42 Å². The van der Waals surface area contributed by atoms with Gasteiger partial charge in [-0.05, 0) is 78.8 Å². The van der Waals surface area contributed by atoms with Gasteiger partial charge in [0, 0.05) is 17.5 Å². The first-order valence-electron chi connectivity index (χ1n) is 8.26. The number of nitrogens with one attached hydrogen (secondary N) is 1. The van der Waals surface area contributed by atoms with Crippen LogP contribution in [0.1, 0.15) is 44.6 Å². The molecule has 2 fully saturated rings. The van der Waals surface area contributed by atoms with Crippen LogP contribution in [0.4, 0.5) is 10.3 Å². The zero-order valence-electron chi connectivity index (χ0n) is 13.1. The van der Waals surface area contributed by atoms with Crippen LogP contribution < -0.4 is 5.32 Å². The van der Waals surface area contributed by atoms with Crippen LogP contribution in [0.2, 0.25) is 5.02 Å². The highest BCUT2D eigenvalue weighted by atomic mass is 127. The van der Waals surface area contributed by atoms with Crippen LogP contribution in [0.15, 0.2) is 18.2 Å². The Balaban J connectivity index is 1.56. The lowest BCUT2D eigenvalue weighted by Crippen LogP contribution is -2.36. The molecule has 0 radical (unpaired) electrons. The molecule has 0 saturated heterocycles. The van der Waals surface area contributed by atoms with Gasteiger partial charge in [-0.2, -0.15) is 0 Å². The van der Waals surface area contributed by atoms with Crippen molar-refractivity contribution in [3.05, 3.63) is 23.2 Å². The highest BCUT2D eigenvalue weighted by molar-refractivity contribution is 14.1. The number of carbonyl (C=O) groups is 1. The van der Waals surface area contributed by atoms with Gasteiger partial charge in [-0.15, -0.1) is 0 Å². The zero-order chi connectivity index (χ0) is 16.9. The minimum Gasteiger partial charge on any atom is -0.307 e. The molecule has 2 saturated carbocycles. The number of benzene rings is 1. The van der Waals surface area contributed by atoms with E-state index in [2.05, 4.69) is 14.9 Å². The molecule has 1 aromatic heterocycles. The molecule has 4 rings (SSSR count). The van der Waals surface area contributed by atoms with Crippen LogP contribution in [0, 0.1) is 5.92 Å². The normalized spacial score (nSPS) is 26.9. The third kappa shape index (κ3) is 3.14. The summed E-state index contributed by atoms with van der Waals surface area (Å²) in [6, 6.07) is 5.95. The maximum atomic E-state index is 13.6. The van der Waals surface area contributed by atoms with Crippen molar-refractivity contribution in [2.75, 3.05) is 5.32 Å². The van der Waals surface area contributed by atoms with Crippen molar-refractivity contribution in [1.82, 2.24) is 9.55 Å². The number of rotatable bonds is 4. The van der Waals surface area contributed by atoms with Gasteiger partial charge in [0.25, 0.3) is 0 Å². The summed E-state index contributed by atoms with van der Waals surface area (Å²) >= 11 is 7.95. The minimum atomic E-state index is -1.13. The second kappa shape index (κ2) is 6.12. The number of anilines is 1. The standard InChI is InChI=1S/C17H18ClFIN3O/c18-11-4-5-13-14(7-11)23(12-2-1-3-12)16(21-13)22-15(24)6-10-8-17(19,20)9-10/h4-5,7,10,12H,1-3,6,8-9H2,(H,21,22,24). The Kier molecular flexibility index (Phi) is 4.23. The minimum absolute atomic E-state index is 0.0890. The molecule has 1 aromatic carbocycles. The van der Waals surface area contributed by atoms with Gasteiger partial charge >= 0.3 is 0 Å². The Labute approximate surface area is 158 Å². The highest BCUT2D eigenvalue weighted by Crippen LogP contribution is 2.48. The van der Waals surface area contributed by atoms with Crippen LogP contribution in [0.5, 0.6) is 0 Å². The lowest BCUT2D eigenvalue weighted by Gasteiger charge is -2.36. The number of imidazole rings is 1. The monoisotopic (exact) mass is 461 g/mol. The fraction of sp³-hybridized carbons (Fsp3) is 0.529. The summed E-state index contributed by atoms with van der Waals surface area (Å²) in [6.45, 7) is 0. The van der Waals surface area contributed by atoms with Crippen molar-refractivity contribution >= 4 is 57.1 Å². The SMILES string of the molecule is O=C(CC1CC(F)(I)C1)Nc1nc2ccc(Cl)cc2n1C1CCC1. The molecule has 0 bridgehead atoms. The molecule has 128 valence electrons. The predicted molar refractivity (Wildman–Crippen MR) is 101 cm³/mol. The largest absolute Gasteiger partial charge is 0.307 e. The Hall–Kier alpha value is -0.890. The van der Waals surface area contributed by atoms with Crippen LogP contribution >= 0.6 is 34.2 Å². The maximum absolute atomic E-state index is 13.6. The van der Waals surface area contributed by atoms with Gasteiger partial charge in [-0.1, -0.05) is 11.6 Å². The fourth-order valence-electron chi connectivity index (χ4n) is 3.54. The zero-order valence-corrected chi connectivity index (χ0v) is 16.0. The first kappa shape index (κ1) is 16.6. The van der Waals surface area contributed by atoms with E-state index in [4.69, 9.17) is 11.6 Å². The number of hydrogen-bond donors (Lipinski definition) is 1. The second-order valence-corrected chi connectivity index (χ2v) is 9.28. The van der Waals surface area contributed by atoms with E-state index in [1.807, 2.05) is 40.8 Å². The molecule has 24 heavy (non-hydrogen) atoms. The summed E-state index contributed by atoms with van der Waals surface area (Å²) in [6.07, 6.45) is 4.62. The van der Waals surface area contributed by atoms with Crippen molar-refractivity contribution < 1.29 is 9.18 Å². The third-order valence-electron chi connectivity index (χ3n) is 4.99. The van der Waals surface area contributed by atoms with Gasteiger partial charge in [-0.25, -0.2) is 9.37 Å². The van der Waals surface area contributed by atoms with Gasteiger partial charge in [-0.3, -0.25) is 10.1 Å². The molecule has 7 heteroatoms. The van der Waals surface area contributed by atoms with Crippen LogP contribution in [-0.2, 0) is 4.79 Å². The number of carbonyl (C=O) groups excluding carboxylic acids is 1. The molecule has 1 N–H and O–H groups in total. The van der Waals surface area contributed by atoms with E-state index in [-0.39, 0.29) is 11.8 Å². The van der Waals surface area contributed by atoms with Crippen molar-refractivity contribution in [3.63, 3.8) is 0 Å². The van der Waals surface area contributed by atoms with E-state index in [9.17, 15) is 9.18 Å². The summed E-state index contributed by atoms with van der Waals surface area (Å²) in [5.74, 6) is 0.624. The Morgan fingerprint density at radius 1 is 1.46 bits per heavy atom. The van der Waals surface area contributed by atoms with Crippen LogP contribution in [0.3, 0.4) is 0 Å². The van der Waals surface area contributed by atoms with Gasteiger partial charge in [0.2, 0.25) is 11.9 Å². The lowest BCUT2D eigenvalue weighted by molar-refractivity contribution is -0.118. The maximum Gasteiger partial charge on any atom is 0.226 e. The highest BCUT2D eigenvalue weighted by Gasteiger charge is 2.43. The van der Waals surface area contributed by atoms with Crippen LogP contribution in [-0.4, -0.2) is 19.1 Å². The number of halogens is 3. The average Bonchev–Trinajstić information content (AvgIpc) is 2.73. The molecule has 1 amide bonds. The fourth-order valence-corrected chi connectivity index (χ4v) is 4.95. The number of fused-ring (bicyclic) bond motifs is 1. The van der Waals surface area contributed by atoms with E-state index >= 15 is 0 Å². The predicted octanol–water partition coefficient (Wildman–Crippen LogP) is 5.25. The van der Waals surface area contributed by atoms with Gasteiger partial charge < -0.3 is 4.57 Å². The molecular formula is C17H18ClFIN3O. The second-order valence-electron chi connectivity index (χ2n) is 6.91. The quantitative estimate of drug-likeness (QED) is 0.499. The Morgan fingerprint density at radius 3 is 2.83 bits per heavy atom. The molecule has 0 aliphatic heterocycles. The molecule has 0 unspecified atom stereocenters. The smallest absolute Gasteiger partial charge is 0.226 e. The van der Waals surface area contributed by atoms with E-state index in [0.717, 1.165) is 23.9 Å². The van der Waals surface area contributed by atoms with Gasteiger partial charge in [0.1, 0.15) is 0 Å². The first-order valence-corrected chi connectivity index (χ1v) is 9.72. The third-order valence-corrected chi connectivity index (χ3v) is 6.11. The first-order chi connectivity index (χ1) is 11.4. The molecule has 1 heterocycles. The lowest BCUT2D eigenvalue weighted by atomic mass is 9.81. The Morgan fingerprint density at radius 2 is 2.21 bits per heavy atom. The molecule has 2 aromatic rings. The summed E-state index contributed by atoms with van der Waals surface area (Å²) in [4.78, 5) is 16.9. The summed E-state index contributed by atoms with van der Waals surface area (Å²) < 4.78 is 14.5. The molecule has 4 nitrogen and oxygen atoms in total. The van der Waals surface area contributed by atoms with E-state index in [1.54, 1.807) is 0 Å². The number of amides is 1. The summed E-state index contributed by atoms with van der Waals surface area (Å²) in [5.41, 5.74) is 1.79. The molecule has 2 aliphatic rings. The Bertz CT molecular complexity index is 794. The van der Waals surface area contributed by atoms with E-state index in [0.29, 0.717) is 36.3 Å². The number of hydrogen-bond acceptors (Lipinski definition) is 2. The van der Waals surface area contributed by atoms with Crippen molar-refractivity contribution in [3.8, 4) is 0 Å². The van der Waals surface area contributed by atoms with E-state index < -0.39 is 3.68 Å². The van der Waals surface area contributed by atoms with Crippen molar-refractivity contribution in [2.45, 2.75) is 48.2 Å². The molecular weight excluding hydrogens is 444 g/mol. The summed E-state index contributed by atoms with van der Waals surface area (Å²) in [7, 11) is 0. The summed E-state index contributed by atoms with van der Waals surface area (Å²) in [5, 5.41) is 3.60. The number of alkyl halides is 2. The molecule has 0 spiro atoms. The van der Waals surface area contributed by atoms with Crippen molar-refractivity contribution in [2.24, 2.45) is 5.92 Å². The van der Waals surface area contributed by atoms with Gasteiger partial charge in [0.05, 0.1) is 11.0 Å². The average molecular weight is 462 g/mol. The molecule has 2 aliphatic carbocycles. The molecule has 0 atom stereocenters. The topological polar surface area (TPSA) is 46.9 Å². The number of nitrogens with zero attached hydrogens (tertiary/aromatic N) is 2.